The molecule has 0 radical (unpaired) electrons. The van der Waals surface area contributed by atoms with Gasteiger partial charge >= 0.3 is 0 Å². The van der Waals surface area contributed by atoms with E-state index in [0.717, 1.165) is 0 Å². The molecule has 0 bridgehead atoms. The standard InChI is InChI=1S/C3H8O2.C2H6O.ClH/c1-3(5)2-4;1-2-3;/h3-5H,2H2,1H3;3H,2H2,1H3;1H. The zero-order valence-corrected chi connectivity index (χ0v) is 6.56. The summed E-state index contributed by atoms with van der Waals surface area (Å²) in [6, 6.07) is 0. The molecule has 0 aliphatic carbocycles. The molecule has 0 aromatic heterocycles. The number of halogens is 1. The molecule has 3 N–H and O–H groups in total. The number of rotatable bonds is 1. The van der Waals surface area contributed by atoms with E-state index in [-0.39, 0.29) is 25.6 Å². The smallest absolute Gasteiger partial charge is 0.0742 e. The fourth-order valence-corrected chi connectivity index (χ4v) is 0. The van der Waals surface area contributed by atoms with Crippen molar-refractivity contribution in [3.05, 3.63) is 0 Å². The number of hydrogen-bond acceptors (Lipinski definition) is 3. The summed E-state index contributed by atoms with van der Waals surface area (Å²) in [5.41, 5.74) is 0. The Morgan fingerprint density at radius 2 is 1.44 bits per heavy atom. The Bertz CT molecular complexity index is 33.4. The zero-order valence-electron chi connectivity index (χ0n) is 5.74. The van der Waals surface area contributed by atoms with Gasteiger partial charge in [-0.1, -0.05) is 0 Å². The van der Waals surface area contributed by atoms with Gasteiger partial charge in [0.2, 0.25) is 0 Å². The van der Waals surface area contributed by atoms with Gasteiger partial charge in [0.1, 0.15) is 0 Å². The summed E-state index contributed by atoms with van der Waals surface area (Å²) < 4.78 is 0. The highest BCUT2D eigenvalue weighted by molar-refractivity contribution is 5.85. The molecule has 3 nitrogen and oxygen atoms in total. The fraction of sp³-hybridized carbons (Fsp3) is 1.00. The fourth-order valence-electron chi connectivity index (χ4n) is 0. The van der Waals surface area contributed by atoms with Gasteiger partial charge in [-0.2, -0.15) is 0 Å². The van der Waals surface area contributed by atoms with Crippen LogP contribution < -0.4 is 0 Å². The molecular formula is C5H15ClO3. The molecule has 60 valence electrons. The van der Waals surface area contributed by atoms with Crippen LogP contribution in [0, 0.1) is 0 Å². The van der Waals surface area contributed by atoms with Gasteiger partial charge in [0, 0.05) is 6.61 Å². The highest BCUT2D eigenvalue weighted by atomic mass is 35.5. The second-order valence-corrected chi connectivity index (χ2v) is 1.35. The van der Waals surface area contributed by atoms with E-state index >= 15 is 0 Å². The van der Waals surface area contributed by atoms with Crippen LogP contribution in [-0.2, 0) is 0 Å². The van der Waals surface area contributed by atoms with Crippen molar-refractivity contribution in [3.63, 3.8) is 0 Å². The van der Waals surface area contributed by atoms with Gasteiger partial charge in [-0.3, -0.25) is 0 Å². The third-order valence-electron chi connectivity index (χ3n) is 0.264. The van der Waals surface area contributed by atoms with Crippen molar-refractivity contribution in [1.82, 2.24) is 0 Å². The lowest BCUT2D eigenvalue weighted by Gasteiger charge is -1.90. The zero-order chi connectivity index (χ0) is 6.99. The molecule has 1 atom stereocenters. The molecule has 0 rings (SSSR count). The van der Waals surface area contributed by atoms with E-state index in [1.807, 2.05) is 0 Å². The molecular weight excluding hydrogens is 144 g/mol. The third kappa shape index (κ3) is 66.1. The minimum Gasteiger partial charge on any atom is -0.397 e. The summed E-state index contributed by atoms with van der Waals surface area (Å²) in [6.45, 7) is 3.32. The maximum atomic E-state index is 8.11. The lowest BCUT2D eigenvalue weighted by atomic mass is 10.5. The van der Waals surface area contributed by atoms with Crippen LogP contribution in [0.1, 0.15) is 13.8 Å². The predicted molar refractivity (Wildman–Crippen MR) is 38.8 cm³/mol. The van der Waals surface area contributed by atoms with Crippen LogP contribution in [0.15, 0.2) is 0 Å². The summed E-state index contributed by atoms with van der Waals surface area (Å²) in [5, 5.41) is 23.6. The average molecular weight is 159 g/mol. The highest BCUT2D eigenvalue weighted by Crippen LogP contribution is 1.68. The van der Waals surface area contributed by atoms with Crippen molar-refractivity contribution < 1.29 is 15.3 Å². The van der Waals surface area contributed by atoms with Crippen molar-refractivity contribution in [2.75, 3.05) is 13.2 Å². The lowest BCUT2D eigenvalue weighted by Crippen LogP contribution is -2.03. The maximum absolute atomic E-state index is 8.11. The molecule has 0 saturated heterocycles. The first-order chi connectivity index (χ1) is 3.68. The lowest BCUT2D eigenvalue weighted by molar-refractivity contribution is 0.110. The monoisotopic (exact) mass is 158 g/mol. The van der Waals surface area contributed by atoms with E-state index < -0.39 is 6.10 Å². The minimum atomic E-state index is -0.560. The molecule has 4 heteroatoms. The van der Waals surface area contributed by atoms with Gasteiger partial charge in [-0.15, -0.1) is 12.4 Å². The topological polar surface area (TPSA) is 60.7 Å². The molecule has 0 spiro atoms. The molecule has 0 aliphatic rings. The molecule has 0 amide bonds. The number of hydrogen-bond donors (Lipinski definition) is 3. The van der Waals surface area contributed by atoms with E-state index in [4.69, 9.17) is 15.3 Å². The van der Waals surface area contributed by atoms with E-state index in [2.05, 4.69) is 0 Å². The van der Waals surface area contributed by atoms with E-state index in [0.29, 0.717) is 0 Å². The molecule has 0 saturated carbocycles. The summed E-state index contributed by atoms with van der Waals surface area (Å²) >= 11 is 0. The Morgan fingerprint density at radius 1 is 1.33 bits per heavy atom. The van der Waals surface area contributed by atoms with Crippen LogP contribution in [0.2, 0.25) is 0 Å². The van der Waals surface area contributed by atoms with Gasteiger partial charge in [-0.25, -0.2) is 0 Å². The van der Waals surface area contributed by atoms with Gasteiger partial charge in [-0.05, 0) is 13.8 Å². The van der Waals surface area contributed by atoms with Crippen molar-refractivity contribution in [1.29, 1.82) is 0 Å². The van der Waals surface area contributed by atoms with Crippen molar-refractivity contribution in [2.24, 2.45) is 0 Å². The Balaban J connectivity index is -0.0000000800. The largest absolute Gasteiger partial charge is 0.397 e. The van der Waals surface area contributed by atoms with E-state index in [9.17, 15) is 0 Å². The predicted octanol–water partition coefficient (Wildman–Crippen LogP) is -0.220. The van der Waals surface area contributed by atoms with Gasteiger partial charge in [0.05, 0.1) is 12.7 Å². The van der Waals surface area contributed by atoms with Crippen molar-refractivity contribution in [3.8, 4) is 0 Å². The van der Waals surface area contributed by atoms with Gasteiger partial charge < -0.3 is 15.3 Å². The first kappa shape index (κ1) is 16.1. The van der Waals surface area contributed by atoms with Crippen molar-refractivity contribution >= 4 is 12.4 Å². The first-order valence-corrected chi connectivity index (χ1v) is 2.58. The maximum Gasteiger partial charge on any atom is 0.0742 e. The molecule has 0 aromatic carbocycles. The van der Waals surface area contributed by atoms with Crippen molar-refractivity contribution in [2.45, 2.75) is 20.0 Å². The summed E-state index contributed by atoms with van der Waals surface area (Å²) in [6.07, 6.45) is -0.560. The second-order valence-electron chi connectivity index (χ2n) is 1.35. The molecule has 1 unspecified atom stereocenters. The molecule has 0 heterocycles. The van der Waals surface area contributed by atoms with Crippen LogP contribution in [-0.4, -0.2) is 34.6 Å². The Hall–Kier alpha value is 0.170. The first-order valence-electron chi connectivity index (χ1n) is 2.58. The van der Waals surface area contributed by atoms with Gasteiger partial charge in [0.25, 0.3) is 0 Å². The number of aliphatic hydroxyl groups is 3. The summed E-state index contributed by atoms with van der Waals surface area (Å²) in [5.74, 6) is 0. The van der Waals surface area contributed by atoms with Crippen LogP contribution in [0.3, 0.4) is 0 Å². The van der Waals surface area contributed by atoms with Gasteiger partial charge in [0.15, 0.2) is 0 Å². The molecule has 0 aliphatic heterocycles. The van der Waals surface area contributed by atoms with Crippen LogP contribution in [0.25, 0.3) is 0 Å². The second kappa shape index (κ2) is 15.7. The molecule has 0 aromatic rings. The average Bonchev–Trinajstić information content (AvgIpc) is 1.69. The summed E-state index contributed by atoms with van der Waals surface area (Å²) in [7, 11) is 0. The van der Waals surface area contributed by atoms with Crippen LogP contribution in [0.4, 0.5) is 0 Å². The number of aliphatic hydroxyl groups excluding tert-OH is 3. The van der Waals surface area contributed by atoms with Crippen LogP contribution >= 0.6 is 12.4 Å². The quantitative estimate of drug-likeness (QED) is 0.495. The SMILES string of the molecule is CC(O)CO.CCO.Cl. The Kier molecular flexibility index (Phi) is 28.1. The van der Waals surface area contributed by atoms with E-state index in [1.54, 1.807) is 6.92 Å². The highest BCUT2D eigenvalue weighted by Gasteiger charge is 1.83. The minimum absolute atomic E-state index is 0. The Morgan fingerprint density at radius 3 is 1.44 bits per heavy atom. The Labute approximate surface area is 61.7 Å². The molecule has 9 heavy (non-hydrogen) atoms. The summed E-state index contributed by atoms with van der Waals surface area (Å²) in [4.78, 5) is 0. The third-order valence-corrected chi connectivity index (χ3v) is 0.264. The normalized spacial score (nSPS) is 10.3. The molecule has 0 fully saturated rings. The van der Waals surface area contributed by atoms with E-state index in [1.165, 1.54) is 6.92 Å². The van der Waals surface area contributed by atoms with Crippen LogP contribution in [0.5, 0.6) is 0 Å².